The van der Waals surface area contributed by atoms with E-state index in [4.69, 9.17) is 4.74 Å². The Bertz CT molecular complexity index is 1020. The van der Waals surface area contributed by atoms with Gasteiger partial charge in [0.2, 0.25) is 5.91 Å². The molecule has 0 saturated carbocycles. The Hall–Kier alpha value is -3.68. The molecule has 2 unspecified atom stereocenters. The van der Waals surface area contributed by atoms with Crippen LogP contribution in [0.5, 0.6) is 5.75 Å². The van der Waals surface area contributed by atoms with E-state index in [-0.39, 0.29) is 18.4 Å². The van der Waals surface area contributed by atoms with Gasteiger partial charge in [-0.3, -0.25) is 14.4 Å². The molecule has 0 aliphatic carbocycles. The van der Waals surface area contributed by atoms with Crippen LogP contribution in [0.15, 0.2) is 48.5 Å². The number of amides is 3. The van der Waals surface area contributed by atoms with Gasteiger partial charge < -0.3 is 14.4 Å². The summed E-state index contributed by atoms with van der Waals surface area (Å²) in [4.78, 5) is 53.6. The van der Waals surface area contributed by atoms with Crippen molar-refractivity contribution < 1.29 is 28.7 Å². The smallest absolute Gasteiger partial charge is 0.337 e. The molecule has 0 spiro atoms. The van der Waals surface area contributed by atoms with Crippen LogP contribution in [0.4, 0.5) is 5.69 Å². The molecule has 0 bridgehead atoms. The molecule has 168 valence electrons. The first-order valence-corrected chi connectivity index (χ1v) is 10.3. The van der Waals surface area contributed by atoms with Crippen molar-refractivity contribution in [2.24, 2.45) is 0 Å². The van der Waals surface area contributed by atoms with Crippen molar-refractivity contribution in [1.29, 1.82) is 0 Å². The van der Waals surface area contributed by atoms with Crippen molar-refractivity contribution in [3.63, 3.8) is 0 Å². The van der Waals surface area contributed by atoms with Gasteiger partial charge in [-0.1, -0.05) is 6.92 Å². The van der Waals surface area contributed by atoms with Crippen molar-refractivity contribution in [2.45, 2.75) is 38.8 Å². The van der Waals surface area contributed by atoms with E-state index in [1.54, 1.807) is 24.3 Å². The van der Waals surface area contributed by atoms with Gasteiger partial charge in [0.05, 0.1) is 31.9 Å². The average molecular weight is 438 g/mol. The van der Waals surface area contributed by atoms with E-state index in [0.29, 0.717) is 29.0 Å². The molecule has 3 amide bonds. The minimum absolute atomic E-state index is 0.107. The highest BCUT2D eigenvalue weighted by molar-refractivity contribution is 6.23. The van der Waals surface area contributed by atoms with Crippen LogP contribution in [0.25, 0.3) is 0 Å². The number of ether oxygens (including phenoxy) is 2. The molecule has 1 aliphatic heterocycles. The highest BCUT2D eigenvalue weighted by Crippen LogP contribution is 2.29. The minimum atomic E-state index is -0.910. The number of hydrogen-bond acceptors (Lipinski definition) is 6. The van der Waals surface area contributed by atoms with E-state index >= 15 is 0 Å². The van der Waals surface area contributed by atoms with Crippen molar-refractivity contribution in [1.82, 2.24) is 4.90 Å². The summed E-state index contributed by atoms with van der Waals surface area (Å²) in [5.74, 6) is -1.09. The summed E-state index contributed by atoms with van der Waals surface area (Å²) >= 11 is 0. The number of anilines is 1. The van der Waals surface area contributed by atoms with Crippen LogP contribution in [-0.2, 0) is 14.3 Å². The maximum absolute atomic E-state index is 13.3. The van der Waals surface area contributed by atoms with Crippen molar-refractivity contribution in [2.75, 3.05) is 19.1 Å². The number of nitrogens with zero attached hydrogens (tertiary/aromatic N) is 2. The first-order valence-electron chi connectivity index (χ1n) is 10.3. The molecular weight excluding hydrogens is 412 g/mol. The lowest BCUT2D eigenvalue weighted by Gasteiger charge is -2.33. The maximum atomic E-state index is 13.3. The molecule has 0 N–H and O–H groups in total. The van der Waals surface area contributed by atoms with Crippen LogP contribution in [0, 0.1) is 0 Å². The molecule has 2 aromatic carbocycles. The molecule has 8 nitrogen and oxygen atoms in total. The summed E-state index contributed by atoms with van der Waals surface area (Å²) in [5, 5.41) is 0. The molecule has 2 atom stereocenters. The predicted molar refractivity (Wildman–Crippen MR) is 118 cm³/mol. The second-order valence-electron chi connectivity index (χ2n) is 7.52. The van der Waals surface area contributed by atoms with E-state index in [0.717, 1.165) is 4.90 Å². The van der Waals surface area contributed by atoms with Crippen molar-refractivity contribution in [3.8, 4) is 5.75 Å². The molecule has 2 aromatic rings. The zero-order chi connectivity index (χ0) is 23.4. The molecule has 0 aromatic heterocycles. The third-order valence-corrected chi connectivity index (χ3v) is 5.64. The van der Waals surface area contributed by atoms with Crippen LogP contribution in [0.3, 0.4) is 0 Å². The number of imide groups is 1. The molecule has 1 fully saturated rings. The first-order chi connectivity index (χ1) is 15.3. The second-order valence-corrected chi connectivity index (χ2v) is 7.52. The van der Waals surface area contributed by atoms with Gasteiger partial charge in [-0.15, -0.1) is 0 Å². The molecule has 32 heavy (non-hydrogen) atoms. The van der Waals surface area contributed by atoms with E-state index < -0.39 is 23.8 Å². The summed E-state index contributed by atoms with van der Waals surface area (Å²) < 4.78 is 9.82. The Balaban J connectivity index is 1.89. The van der Waals surface area contributed by atoms with Gasteiger partial charge in [0.25, 0.3) is 11.8 Å². The van der Waals surface area contributed by atoms with Crippen molar-refractivity contribution >= 4 is 29.4 Å². The van der Waals surface area contributed by atoms with E-state index in [9.17, 15) is 19.2 Å². The zero-order valence-corrected chi connectivity index (χ0v) is 18.5. The molecule has 8 heteroatoms. The lowest BCUT2D eigenvalue weighted by atomic mass is 10.1. The number of hydrogen-bond donors (Lipinski definition) is 0. The van der Waals surface area contributed by atoms with Crippen molar-refractivity contribution in [3.05, 3.63) is 59.7 Å². The van der Waals surface area contributed by atoms with Crippen LogP contribution >= 0.6 is 0 Å². The fourth-order valence-corrected chi connectivity index (χ4v) is 3.70. The zero-order valence-electron chi connectivity index (χ0n) is 18.5. The predicted octanol–water partition coefficient (Wildman–Crippen LogP) is 3.05. The van der Waals surface area contributed by atoms with Crippen LogP contribution in [0.2, 0.25) is 0 Å². The summed E-state index contributed by atoms with van der Waals surface area (Å²) in [7, 11) is 2.81. The van der Waals surface area contributed by atoms with Crippen LogP contribution in [0.1, 0.15) is 47.4 Å². The fraction of sp³-hybridized carbons (Fsp3) is 0.333. The van der Waals surface area contributed by atoms with Gasteiger partial charge in [0.15, 0.2) is 0 Å². The largest absolute Gasteiger partial charge is 0.497 e. The lowest BCUT2D eigenvalue weighted by molar-refractivity contribution is -0.122. The van der Waals surface area contributed by atoms with Crippen LogP contribution < -0.4 is 9.64 Å². The van der Waals surface area contributed by atoms with Gasteiger partial charge >= 0.3 is 5.97 Å². The standard InChI is InChI=1S/C24H26N2O6/c1-5-15(2)25(22(28)16-8-12-19(31-3)13-9-16)20-14-21(27)26(23(20)29)18-10-6-17(7-11-18)24(30)32-4/h6-13,15,20H,5,14H2,1-4H3. The van der Waals surface area contributed by atoms with Gasteiger partial charge in [-0.05, 0) is 61.9 Å². The SMILES string of the molecule is CCC(C)N(C(=O)c1ccc(OC)cc1)C1CC(=O)N(c2ccc(C(=O)OC)cc2)C1=O. The Labute approximate surface area is 186 Å². The van der Waals surface area contributed by atoms with Gasteiger partial charge in [0.1, 0.15) is 11.8 Å². The Morgan fingerprint density at radius 1 is 1.03 bits per heavy atom. The quantitative estimate of drug-likeness (QED) is 0.487. The summed E-state index contributed by atoms with van der Waals surface area (Å²) in [6, 6.07) is 11.5. The molecule has 1 saturated heterocycles. The fourth-order valence-electron chi connectivity index (χ4n) is 3.70. The van der Waals surface area contributed by atoms with E-state index in [1.807, 2.05) is 13.8 Å². The Kier molecular flexibility index (Phi) is 6.92. The maximum Gasteiger partial charge on any atom is 0.337 e. The molecule has 1 aliphatic rings. The number of carbonyl (C=O) groups excluding carboxylic acids is 4. The molecule has 0 radical (unpaired) electrons. The van der Waals surface area contributed by atoms with E-state index in [2.05, 4.69) is 4.74 Å². The summed E-state index contributed by atoms with van der Waals surface area (Å²) in [6.45, 7) is 3.77. The van der Waals surface area contributed by atoms with Crippen LogP contribution in [-0.4, -0.2) is 54.9 Å². The number of esters is 1. The summed E-state index contributed by atoms with van der Waals surface area (Å²) in [5.41, 5.74) is 1.06. The molecular formula is C24H26N2O6. The monoisotopic (exact) mass is 438 g/mol. The summed E-state index contributed by atoms with van der Waals surface area (Å²) in [6.07, 6.45) is 0.511. The number of rotatable bonds is 7. The normalized spacial score (nSPS) is 16.6. The van der Waals surface area contributed by atoms with Gasteiger partial charge in [-0.2, -0.15) is 0 Å². The average Bonchev–Trinajstić information content (AvgIpc) is 3.11. The molecule has 1 heterocycles. The third kappa shape index (κ3) is 4.34. The van der Waals surface area contributed by atoms with E-state index in [1.165, 1.54) is 43.4 Å². The number of benzene rings is 2. The Morgan fingerprint density at radius 3 is 2.16 bits per heavy atom. The molecule has 3 rings (SSSR count). The highest BCUT2D eigenvalue weighted by atomic mass is 16.5. The third-order valence-electron chi connectivity index (χ3n) is 5.64. The van der Waals surface area contributed by atoms with Gasteiger partial charge in [-0.25, -0.2) is 9.69 Å². The number of carbonyl (C=O) groups is 4. The highest BCUT2D eigenvalue weighted by Gasteiger charge is 2.45. The topological polar surface area (TPSA) is 93.2 Å². The lowest BCUT2D eigenvalue weighted by Crippen LogP contribution is -2.49. The first kappa shape index (κ1) is 23.0. The number of methoxy groups -OCH3 is 2. The second kappa shape index (κ2) is 9.64. The Morgan fingerprint density at radius 2 is 1.62 bits per heavy atom. The minimum Gasteiger partial charge on any atom is -0.497 e. The van der Waals surface area contributed by atoms with Gasteiger partial charge in [0, 0.05) is 11.6 Å².